The van der Waals surface area contributed by atoms with Gasteiger partial charge < -0.3 is 4.57 Å². The van der Waals surface area contributed by atoms with Gasteiger partial charge in [-0.05, 0) is 61.4 Å². The Morgan fingerprint density at radius 1 is 0.783 bits per heavy atom. The third-order valence-corrected chi connectivity index (χ3v) is 4.34. The lowest BCUT2D eigenvalue weighted by Crippen LogP contribution is -1.98. The van der Waals surface area contributed by atoms with E-state index in [9.17, 15) is 0 Å². The average Bonchev–Trinajstić information content (AvgIpc) is 3.10. The topological polar surface area (TPSA) is 35.6 Å². The molecule has 0 saturated carbocycles. The molecule has 0 aliphatic rings. The number of hydrogen-bond donors (Lipinski definition) is 0. The van der Waals surface area contributed by atoms with Gasteiger partial charge in [-0.25, -0.2) is 4.68 Å². The molecule has 4 nitrogen and oxygen atoms in total. The van der Waals surface area contributed by atoms with E-state index < -0.39 is 0 Å². The lowest BCUT2D eigenvalue weighted by atomic mass is 10.0. The molecular formula is C19H18N4. The highest BCUT2D eigenvalue weighted by molar-refractivity contribution is 5.81. The smallest absolute Gasteiger partial charge is 0.113 e. The fraction of sp³-hybridized carbons (Fsp3) is 0.158. The van der Waals surface area contributed by atoms with Crippen LogP contribution in [0.4, 0.5) is 0 Å². The molecule has 0 amide bonds. The molecule has 0 unspecified atom stereocenters. The van der Waals surface area contributed by atoms with Gasteiger partial charge in [0, 0.05) is 24.1 Å². The second-order valence-electron chi connectivity index (χ2n) is 5.91. The van der Waals surface area contributed by atoms with E-state index >= 15 is 0 Å². The van der Waals surface area contributed by atoms with E-state index in [0.717, 1.165) is 11.0 Å². The molecule has 0 saturated heterocycles. The molecule has 2 aromatic heterocycles. The van der Waals surface area contributed by atoms with Crippen LogP contribution in [0.5, 0.6) is 0 Å². The zero-order chi connectivity index (χ0) is 16.0. The van der Waals surface area contributed by atoms with E-state index in [0.29, 0.717) is 0 Å². The van der Waals surface area contributed by atoms with Crippen molar-refractivity contribution >= 4 is 11.0 Å². The van der Waals surface area contributed by atoms with Crippen LogP contribution in [0.2, 0.25) is 0 Å². The summed E-state index contributed by atoms with van der Waals surface area (Å²) < 4.78 is 4.07. The molecule has 114 valence electrons. The van der Waals surface area contributed by atoms with Gasteiger partial charge >= 0.3 is 0 Å². The molecule has 0 spiro atoms. The van der Waals surface area contributed by atoms with E-state index in [-0.39, 0.29) is 0 Å². The Balaban J connectivity index is 1.76. The summed E-state index contributed by atoms with van der Waals surface area (Å²) in [6, 6.07) is 19.2. The minimum Gasteiger partial charge on any atom is -0.319 e. The van der Waals surface area contributed by atoms with Crippen LogP contribution in [-0.4, -0.2) is 19.6 Å². The summed E-state index contributed by atoms with van der Waals surface area (Å²) in [5, 5.41) is 8.19. The van der Waals surface area contributed by atoms with Crippen LogP contribution in [0.1, 0.15) is 11.4 Å². The van der Waals surface area contributed by atoms with Crippen molar-refractivity contribution in [2.75, 3.05) is 0 Å². The largest absolute Gasteiger partial charge is 0.319 e. The summed E-state index contributed by atoms with van der Waals surface area (Å²) in [6.45, 7) is 4.26. The number of nitrogens with zero attached hydrogens (tertiary/aromatic N) is 4. The van der Waals surface area contributed by atoms with E-state index in [1.807, 2.05) is 13.1 Å². The van der Waals surface area contributed by atoms with Gasteiger partial charge in [0.05, 0.1) is 5.52 Å². The van der Waals surface area contributed by atoms with Crippen molar-refractivity contribution in [2.45, 2.75) is 13.8 Å². The normalized spacial score (nSPS) is 11.3. The zero-order valence-corrected chi connectivity index (χ0v) is 13.5. The van der Waals surface area contributed by atoms with Gasteiger partial charge in [-0.15, -0.1) is 5.10 Å². The van der Waals surface area contributed by atoms with E-state index in [1.54, 1.807) is 4.68 Å². The van der Waals surface area contributed by atoms with Crippen molar-refractivity contribution in [1.82, 2.24) is 19.6 Å². The van der Waals surface area contributed by atoms with Gasteiger partial charge in [-0.3, -0.25) is 0 Å². The first-order chi connectivity index (χ1) is 11.1. The van der Waals surface area contributed by atoms with Gasteiger partial charge in [0.1, 0.15) is 5.52 Å². The van der Waals surface area contributed by atoms with Crippen LogP contribution >= 0.6 is 0 Å². The van der Waals surface area contributed by atoms with Crippen LogP contribution in [0, 0.1) is 13.8 Å². The fourth-order valence-corrected chi connectivity index (χ4v) is 3.09. The van der Waals surface area contributed by atoms with E-state index in [4.69, 9.17) is 0 Å². The Kier molecular flexibility index (Phi) is 3.05. The Morgan fingerprint density at radius 3 is 2.13 bits per heavy atom. The molecule has 0 aliphatic carbocycles. The standard InChI is InChI=1S/C19H18N4/c1-13-4-5-14(2)23(13)17-9-6-15(7-10-17)16-8-11-18-19(12-16)22(3)21-20-18/h4-12H,1-3H3. The molecule has 4 heteroatoms. The summed E-state index contributed by atoms with van der Waals surface area (Å²) in [5.41, 5.74) is 8.03. The Labute approximate surface area is 135 Å². The Bertz CT molecular complexity index is 971. The van der Waals surface area contributed by atoms with Gasteiger partial charge in [-0.2, -0.15) is 0 Å². The molecule has 23 heavy (non-hydrogen) atoms. The van der Waals surface area contributed by atoms with Crippen molar-refractivity contribution < 1.29 is 0 Å². The second kappa shape index (κ2) is 5.09. The Morgan fingerprint density at radius 2 is 1.43 bits per heavy atom. The summed E-state index contributed by atoms with van der Waals surface area (Å²) in [4.78, 5) is 0. The molecule has 0 bridgehead atoms. The first-order valence-electron chi connectivity index (χ1n) is 7.69. The average molecular weight is 302 g/mol. The maximum Gasteiger partial charge on any atom is 0.113 e. The molecule has 4 aromatic rings. The highest BCUT2D eigenvalue weighted by atomic mass is 15.4. The molecule has 0 aliphatic heterocycles. The second-order valence-corrected chi connectivity index (χ2v) is 5.91. The number of rotatable bonds is 2. The maximum atomic E-state index is 4.13. The van der Waals surface area contributed by atoms with Crippen molar-refractivity contribution in [2.24, 2.45) is 7.05 Å². The van der Waals surface area contributed by atoms with Crippen LogP contribution in [-0.2, 0) is 7.05 Å². The minimum atomic E-state index is 0.923. The monoisotopic (exact) mass is 302 g/mol. The van der Waals surface area contributed by atoms with Gasteiger partial charge in [-0.1, -0.05) is 23.4 Å². The minimum absolute atomic E-state index is 0.923. The quantitative estimate of drug-likeness (QED) is 0.560. The third kappa shape index (κ3) is 2.23. The number of fused-ring (bicyclic) bond motifs is 1. The number of aromatic nitrogens is 4. The summed E-state index contributed by atoms with van der Waals surface area (Å²) >= 11 is 0. The SMILES string of the molecule is Cc1ccc(C)n1-c1ccc(-c2ccc3nnn(C)c3c2)cc1. The van der Waals surface area contributed by atoms with E-state index in [2.05, 4.69) is 77.3 Å². The van der Waals surface area contributed by atoms with Crippen molar-refractivity contribution in [3.8, 4) is 16.8 Å². The molecule has 0 N–H and O–H groups in total. The predicted octanol–water partition coefficient (Wildman–Crippen LogP) is 4.04. The van der Waals surface area contributed by atoms with Crippen molar-refractivity contribution in [3.63, 3.8) is 0 Å². The van der Waals surface area contributed by atoms with Crippen LogP contribution in [0.15, 0.2) is 54.6 Å². The van der Waals surface area contributed by atoms with Crippen molar-refractivity contribution in [3.05, 3.63) is 66.0 Å². The lowest BCUT2D eigenvalue weighted by Gasteiger charge is -2.10. The first kappa shape index (κ1) is 13.8. The number of hydrogen-bond acceptors (Lipinski definition) is 2. The predicted molar refractivity (Wildman–Crippen MR) is 92.7 cm³/mol. The van der Waals surface area contributed by atoms with Gasteiger partial charge in [0.2, 0.25) is 0 Å². The molecule has 4 rings (SSSR count). The molecule has 2 aromatic carbocycles. The molecular weight excluding hydrogens is 284 g/mol. The number of benzene rings is 2. The number of aryl methyl sites for hydroxylation is 3. The van der Waals surface area contributed by atoms with Gasteiger partial charge in [0.25, 0.3) is 0 Å². The van der Waals surface area contributed by atoms with E-state index in [1.165, 1.54) is 28.2 Å². The zero-order valence-electron chi connectivity index (χ0n) is 13.5. The summed E-state index contributed by atoms with van der Waals surface area (Å²) in [7, 11) is 1.92. The first-order valence-corrected chi connectivity index (χ1v) is 7.69. The van der Waals surface area contributed by atoms with Crippen LogP contribution < -0.4 is 0 Å². The fourth-order valence-electron chi connectivity index (χ4n) is 3.09. The summed E-state index contributed by atoms with van der Waals surface area (Å²) in [5.74, 6) is 0. The molecule has 2 heterocycles. The third-order valence-electron chi connectivity index (χ3n) is 4.34. The van der Waals surface area contributed by atoms with Crippen LogP contribution in [0.3, 0.4) is 0 Å². The Hall–Kier alpha value is -2.88. The van der Waals surface area contributed by atoms with Crippen molar-refractivity contribution in [1.29, 1.82) is 0 Å². The highest BCUT2D eigenvalue weighted by Gasteiger charge is 2.06. The molecule has 0 fully saturated rings. The molecule has 0 atom stereocenters. The van der Waals surface area contributed by atoms with Gasteiger partial charge in [0.15, 0.2) is 0 Å². The highest BCUT2D eigenvalue weighted by Crippen LogP contribution is 2.25. The van der Waals surface area contributed by atoms with Crippen LogP contribution in [0.25, 0.3) is 27.8 Å². The lowest BCUT2D eigenvalue weighted by molar-refractivity contribution is 0.736. The maximum absolute atomic E-state index is 4.13. The molecule has 0 radical (unpaired) electrons. The summed E-state index contributed by atoms with van der Waals surface area (Å²) in [6.07, 6.45) is 0.